The van der Waals surface area contributed by atoms with Crippen LogP contribution in [0.25, 0.3) is 0 Å². The van der Waals surface area contributed by atoms with E-state index in [0.29, 0.717) is 17.1 Å². The molecule has 13 heavy (non-hydrogen) atoms. The maximum atomic E-state index is 8.57. The lowest BCUT2D eigenvalue weighted by Crippen LogP contribution is -1.91. The fourth-order valence-corrected chi connectivity index (χ4v) is 0.729. The topological polar surface area (TPSA) is 45.9 Å². The molecule has 0 aliphatic heterocycles. The summed E-state index contributed by atoms with van der Waals surface area (Å²) in [5.74, 6) is 0.917. The summed E-state index contributed by atoms with van der Waals surface area (Å²) in [6.45, 7) is 7.06. The van der Waals surface area contributed by atoms with E-state index in [1.54, 1.807) is 6.07 Å². The molecule has 0 aliphatic carbocycles. The van der Waals surface area contributed by atoms with Crippen molar-refractivity contribution < 1.29 is 4.74 Å². The summed E-state index contributed by atoms with van der Waals surface area (Å²) in [5.41, 5.74) is 0.453. The predicted octanol–water partition coefficient (Wildman–Crippen LogP) is 2.03. The molecule has 0 saturated carbocycles. The molecule has 0 amide bonds. The Morgan fingerprint density at radius 2 is 2.38 bits per heavy atom. The second-order valence-electron chi connectivity index (χ2n) is 2.29. The van der Waals surface area contributed by atoms with Gasteiger partial charge in [-0.1, -0.05) is 13.2 Å². The number of rotatable bonds is 3. The molecule has 0 spiro atoms. The lowest BCUT2D eigenvalue weighted by Gasteiger charge is -2.03. The Morgan fingerprint density at radius 3 is 3.00 bits per heavy atom. The van der Waals surface area contributed by atoms with Crippen LogP contribution >= 0.6 is 0 Å². The Bertz CT molecular complexity index is 377. The summed E-state index contributed by atoms with van der Waals surface area (Å²) in [6.07, 6.45) is 4.46. The van der Waals surface area contributed by atoms with Crippen LogP contribution in [0.2, 0.25) is 0 Å². The lowest BCUT2D eigenvalue weighted by molar-refractivity contribution is 0.445. The minimum Gasteiger partial charge on any atom is -0.456 e. The Labute approximate surface area is 76.6 Å². The second-order valence-corrected chi connectivity index (χ2v) is 2.29. The van der Waals surface area contributed by atoms with Gasteiger partial charge in [0.05, 0.1) is 11.8 Å². The second kappa shape index (κ2) is 4.07. The van der Waals surface area contributed by atoms with Gasteiger partial charge in [-0.2, -0.15) is 5.26 Å². The zero-order valence-electron chi connectivity index (χ0n) is 7.03. The first-order valence-corrected chi connectivity index (χ1v) is 3.60. The van der Waals surface area contributed by atoms with E-state index in [9.17, 15) is 0 Å². The van der Waals surface area contributed by atoms with Gasteiger partial charge in [-0.3, -0.25) is 4.98 Å². The highest BCUT2D eigenvalue weighted by Crippen LogP contribution is 2.13. The molecule has 64 valence electrons. The number of allylic oxidation sites excluding steroid dienone is 1. The first kappa shape index (κ1) is 9.01. The molecular formula is C10H8N2O. The predicted molar refractivity (Wildman–Crippen MR) is 48.9 cm³/mol. The summed E-state index contributed by atoms with van der Waals surface area (Å²) in [4.78, 5) is 3.82. The molecule has 0 bridgehead atoms. The molecular weight excluding hydrogens is 164 g/mol. The number of hydrogen-bond donors (Lipinski definition) is 0. The Balaban J connectivity index is 2.85. The van der Waals surface area contributed by atoms with Crippen LogP contribution in [0.15, 0.2) is 43.5 Å². The van der Waals surface area contributed by atoms with Gasteiger partial charge in [0, 0.05) is 12.3 Å². The van der Waals surface area contributed by atoms with Gasteiger partial charge in [-0.15, -0.1) is 0 Å². The van der Waals surface area contributed by atoms with Gasteiger partial charge >= 0.3 is 0 Å². The minimum absolute atomic E-state index is 0.428. The Hall–Kier alpha value is -2.08. The van der Waals surface area contributed by atoms with Crippen molar-refractivity contribution in [3.05, 3.63) is 49.0 Å². The van der Waals surface area contributed by atoms with Gasteiger partial charge in [0.2, 0.25) is 0 Å². The van der Waals surface area contributed by atoms with Crippen molar-refractivity contribution in [2.45, 2.75) is 0 Å². The molecule has 0 unspecified atom stereocenters. The molecule has 0 aromatic carbocycles. The van der Waals surface area contributed by atoms with E-state index >= 15 is 0 Å². The molecule has 3 heteroatoms. The van der Waals surface area contributed by atoms with E-state index in [1.165, 1.54) is 18.5 Å². The van der Waals surface area contributed by atoms with E-state index in [4.69, 9.17) is 10.00 Å². The van der Waals surface area contributed by atoms with Crippen molar-refractivity contribution in [3.8, 4) is 11.8 Å². The molecule has 0 N–H and O–H groups in total. The van der Waals surface area contributed by atoms with Crippen LogP contribution in [0.3, 0.4) is 0 Å². The molecule has 0 radical (unpaired) electrons. The van der Waals surface area contributed by atoms with Crippen molar-refractivity contribution in [3.63, 3.8) is 0 Å². The fourth-order valence-electron chi connectivity index (χ4n) is 0.729. The third kappa shape index (κ3) is 2.46. The summed E-state index contributed by atoms with van der Waals surface area (Å²) in [7, 11) is 0. The fraction of sp³-hybridized carbons (Fsp3) is 0. The molecule has 1 rings (SSSR count). The minimum atomic E-state index is 0.428. The van der Waals surface area contributed by atoms with Crippen molar-refractivity contribution in [1.29, 1.82) is 5.26 Å². The maximum absolute atomic E-state index is 8.57. The molecule has 0 atom stereocenters. The van der Waals surface area contributed by atoms with Crippen LogP contribution in [-0.2, 0) is 0 Å². The number of nitrogens with zero attached hydrogens (tertiary/aromatic N) is 2. The lowest BCUT2D eigenvalue weighted by atomic mass is 10.3. The van der Waals surface area contributed by atoms with Gasteiger partial charge < -0.3 is 4.74 Å². The molecule has 1 heterocycles. The van der Waals surface area contributed by atoms with Crippen LogP contribution < -0.4 is 4.74 Å². The monoisotopic (exact) mass is 172 g/mol. The average molecular weight is 172 g/mol. The third-order valence-electron chi connectivity index (χ3n) is 1.32. The van der Waals surface area contributed by atoms with Crippen LogP contribution in [0.5, 0.6) is 5.75 Å². The highest BCUT2D eigenvalue weighted by atomic mass is 16.5. The molecule has 3 nitrogen and oxygen atoms in total. The van der Waals surface area contributed by atoms with Gasteiger partial charge in [0.15, 0.2) is 0 Å². The third-order valence-corrected chi connectivity index (χ3v) is 1.32. The zero-order valence-corrected chi connectivity index (χ0v) is 7.03. The van der Waals surface area contributed by atoms with Crippen LogP contribution in [0, 0.1) is 11.3 Å². The normalized spacial score (nSPS) is 8.54. The highest BCUT2D eigenvalue weighted by molar-refractivity contribution is 5.33. The molecule has 0 fully saturated rings. The van der Waals surface area contributed by atoms with Crippen molar-refractivity contribution in [1.82, 2.24) is 4.98 Å². The molecule has 1 aromatic rings. The first-order chi connectivity index (χ1) is 6.26. The average Bonchev–Trinajstić information content (AvgIpc) is 2.18. The smallest absolute Gasteiger partial charge is 0.146 e. The van der Waals surface area contributed by atoms with E-state index in [0.717, 1.165) is 0 Å². The summed E-state index contributed by atoms with van der Waals surface area (Å²) in [6, 6.07) is 3.55. The number of aromatic nitrogens is 1. The summed E-state index contributed by atoms with van der Waals surface area (Å²) < 4.78 is 5.18. The Kier molecular flexibility index (Phi) is 2.82. The van der Waals surface area contributed by atoms with Gasteiger partial charge in [-0.25, -0.2) is 0 Å². The summed E-state index contributed by atoms with van der Waals surface area (Å²) >= 11 is 0. The zero-order chi connectivity index (χ0) is 9.68. The van der Waals surface area contributed by atoms with E-state index < -0.39 is 0 Å². The van der Waals surface area contributed by atoms with Crippen LogP contribution in [0.4, 0.5) is 0 Å². The van der Waals surface area contributed by atoms with Crippen LogP contribution in [-0.4, -0.2) is 4.98 Å². The standard InChI is InChI=1S/C10H8N2O/c1-3-8(2)13-10-4-9(5-11)6-12-7-10/h3-4,6-7H,1-2H2. The van der Waals surface area contributed by atoms with Crippen molar-refractivity contribution in [2.24, 2.45) is 0 Å². The number of pyridine rings is 1. The SMILES string of the molecule is C=CC(=C)Oc1cncc(C#N)c1. The number of ether oxygens (including phenoxy) is 1. The van der Waals surface area contributed by atoms with Gasteiger partial charge in [-0.05, 0) is 6.08 Å². The number of nitriles is 1. The molecule has 0 aliphatic rings. The van der Waals surface area contributed by atoms with E-state index in [2.05, 4.69) is 18.1 Å². The quantitative estimate of drug-likeness (QED) is 0.517. The largest absolute Gasteiger partial charge is 0.456 e. The highest BCUT2D eigenvalue weighted by Gasteiger charge is 1.97. The summed E-state index contributed by atoms with van der Waals surface area (Å²) in [5, 5.41) is 8.57. The van der Waals surface area contributed by atoms with E-state index in [-0.39, 0.29) is 0 Å². The molecule has 0 saturated heterocycles. The van der Waals surface area contributed by atoms with Crippen LogP contribution in [0.1, 0.15) is 5.56 Å². The van der Waals surface area contributed by atoms with Crippen molar-refractivity contribution in [2.75, 3.05) is 0 Å². The first-order valence-electron chi connectivity index (χ1n) is 3.60. The van der Waals surface area contributed by atoms with Gasteiger partial charge in [0.25, 0.3) is 0 Å². The Morgan fingerprint density at radius 1 is 1.62 bits per heavy atom. The number of hydrogen-bond acceptors (Lipinski definition) is 3. The molecule has 1 aromatic heterocycles. The van der Waals surface area contributed by atoms with E-state index in [1.807, 2.05) is 6.07 Å². The maximum Gasteiger partial charge on any atom is 0.146 e. The van der Waals surface area contributed by atoms with Gasteiger partial charge in [0.1, 0.15) is 17.6 Å². The van der Waals surface area contributed by atoms with Crippen molar-refractivity contribution >= 4 is 0 Å².